The Morgan fingerprint density at radius 1 is 0.618 bits per heavy atom. The summed E-state index contributed by atoms with van der Waals surface area (Å²) in [6.07, 6.45) is 6.59. The zero-order chi connectivity index (χ0) is 37.3. The van der Waals surface area contributed by atoms with Gasteiger partial charge >= 0.3 is 12.1 Å². The lowest BCUT2D eigenvalue weighted by molar-refractivity contribution is 0.261. The SMILES string of the molecule is C.Cc1cccc(NC(=O)Nc2ncc(CNc3ncnc4ccsc34)s2)c1.Cc1cccc(NC(=O)Nc2ncc(CNc3ncnc4sccc34)s2)c1. The Kier molecular flexibility index (Phi) is 12.9. The fourth-order valence-electron chi connectivity index (χ4n) is 5.05. The van der Waals surface area contributed by atoms with Crippen LogP contribution in [0.2, 0.25) is 0 Å². The molecule has 0 aliphatic carbocycles. The number of aromatic nitrogens is 6. The minimum atomic E-state index is -0.315. The normalized spacial score (nSPS) is 10.5. The molecule has 0 fully saturated rings. The maximum atomic E-state index is 12.1. The average Bonchev–Trinajstić information content (AvgIpc) is 3.98. The van der Waals surface area contributed by atoms with Gasteiger partial charge in [-0.3, -0.25) is 10.6 Å². The number of hydrogen-bond acceptors (Lipinski definition) is 14. The van der Waals surface area contributed by atoms with Crippen molar-refractivity contribution in [2.24, 2.45) is 0 Å². The highest BCUT2D eigenvalue weighted by molar-refractivity contribution is 7.18. The van der Waals surface area contributed by atoms with Crippen LogP contribution in [-0.2, 0) is 13.1 Å². The minimum absolute atomic E-state index is 0. The first kappa shape index (κ1) is 38.6. The molecule has 55 heavy (non-hydrogen) atoms. The molecular weight excluding hydrogens is 773 g/mol. The fourth-order valence-corrected chi connectivity index (χ4v) is 8.08. The molecule has 4 amide bonds. The number of carbonyl (C=O) groups is 2. The van der Waals surface area contributed by atoms with E-state index in [9.17, 15) is 9.59 Å². The fraction of sp³-hybridized carbons (Fsp3) is 0.135. The van der Waals surface area contributed by atoms with E-state index < -0.39 is 0 Å². The maximum Gasteiger partial charge on any atom is 0.325 e. The van der Waals surface area contributed by atoms with Gasteiger partial charge in [-0.25, -0.2) is 39.5 Å². The van der Waals surface area contributed by atoms with Gasteiger partial charge in [-0.1, -0.05) is 54.4 Å². The van der Waals surface area contributed by atoms with E-state index in [2.05, 4.69) is 61.8 Å². The van der Waals surface area contributed by atoms with E-state index in [0.717, 1.165) is 64.3 Å². The van der Waals surface area contributed by atoms with Crippen LogP contribution in [0.25, 0.3) is 20.4 Å². The summed E-state index contributed by atoms with van der Waals surface area (Å²) in [5.41, 5.74) is 4.58. The Balaban J connectivity index is 0.000000184. The molecule has 8 aromatic rings. The van der Waals surface area contributed by atoms with Crippen LogP contribution in [0, 0.1) is 13.8 Å². The van der Waals surface area contributed by atoms with E-state index in [1.165, 1.54) is 22.7 Å². The monoisotopic (exact) mass is 808 g/mol. The Morgan fingerprint density at radius 2 is 1.18 bits per heavy atom. The van der Waals surface area contributed by atoms with Gasteiger partial charge in [0.25, 0.3) is 0 Å². The molecule has 0 saturated carbocycles. The summed E-state index contributed by atoms with van der Waals surface area (Å²) in [5.74, 6) is 1.59. The summed E-state index contributed by atoms with van der Waals surface area (Å²) in [4.78, 5) is 52.7. The highest BCUT2D eigenvalue weighted by Gasteiger charge is 2.11. The van der Waals surface area contributed by atoms with Crippen LogP contribution in [0.15, 0.2) is 96.5 Å². The number of hydrogen-bond donors (Lipinski definition) is 6. The molecular formula is C37H36N12O2S4. The highest BCUT2D eigenvalue weighted by Crippen LogP contribution is 2.27. The van der Waals surface area contributed by atoms with Gasteiger partial charge in [-0.2, -0.15) is 0 Å². The molecule has 18 heteroatoms. The van der Waals surface area contributed by atoms with Crippen LogP contribution in [0.4, 0.5) is 42.9 Å². The second kappa shape index (κ2) is 18.3. The number of fused-ring (bicyclic) bond motifs is 2. The van der Waals surface area contributed by atoms with Gasteiger partial charge in [-0.15, -0.1) is 22.7 Å². The predicted octanol–water partition coefficient (Wildman–Crippen LogP) is 10.1. The number of benzene rings is 2. The largest absolute Gasteiger partial charge is 0.364 e. The summed E-state index contributed by atoms with van der Waals surface area (Å²) in [6, 6.07) is 18.6. The van der Waals surface area contributed by atoms with Gasteiger partial charge in [0.05, 0.1) is 28.7 Å². The number of rotatable bonds is 10. The van der Waals surface area contributed by atoms with Crippen LogP contribution in [-0.4, -0.2) is 42.0 Å². The Morgan fingerprint density at radius 3 is 1.80 bits per heavy atom. The third-order valence-corrected chi connectivity index (χ3v) is 11.0. The van der Waals surface area contributed by atoms with Crippen molar-refractivity contribution >= 4 is 111 Å². The van der Waals surface area contributed by atoms with Crippen molar-refractivity contribution in [3.05, 3.63) is 117 Å². The van der Waals surface area contributed by atoms with Gasteiger partial charge in [0.2, 0.25) is 0 Å². The van der Waals surface area contributed by atoms with Crippen molar-refractivity contribution in [2.75, 3.05) is 31.9 Å². The van der Waals surface area contributed by atoms with Crippen LogP contribution < -0.4 is 31.9 Å². The number of nitrogens with one attached hydrogen (secondary N) is 6. The number of carbonyl (C=O) groups excluding carboxylic acids is 2. The van der Waals surface area contributed by atoms with E-state index in [4.69, 9.17) is 0 Å². The molecule has 6 aromatic heterocycles. The van der Waals surface area contributed by atoms with E-state index in [-0.39, 0.29) is 19.5 Å². The molecule has 6 N–H and O–H groups in total. The summed E-state index contributed by atoms with van der Waals surface area (Å²) in [7, 11) is 0. The molecule has 14 nitrogen and oxygen atoms in total. The molecule has 280 valence electrons. The van der Waals surface area contributed by atoms with Crippen molar-refractivity contribution in [2.45, 2.75) is 34.4 Å². The zero-order valence-electron chi connectivity index (χ0n) is 28.8. The second-order valence-electron chi connectivity index (χ2n) is 11.6. The van der Waals surface area contributed by atoms with Crippen molar-refractivity contribution in [1.29, 1.82) is 0 Å². The quantitative estimate of drug-likeness (QED) is 0.0777. The summed E-state index contributed by atoms with van der Waals surface area (Å²) >= 11 is 6.01. The number of thiophene rings is 2. The molecule has 0 unspecified atom stereocenters. The highest BCUT2D eigenvalue weighted by atomic mass is 32.1. The Bertz CT molecular complexity index is 2350. The standard InChI is InChI=1S/2C18H16N6OS2.CH4/c1-11-3-2-4-12(7-11)23-17(25)24-18-20-9-13(27-18)8-19-16-15-14(5-6-26-15)21-10-22-16;1-11-3-2-4-12(7-11)23-17(25)24-18-20-9-13(27-18)8-19-15-14-5-6-26-16(14)22-10-21-15;/h2*2-7,9-10H,8H2,1H3,(H,19,21,22)(H2,20,23,24,25);1H4. The van der Waals surface area contributed by atoms with Crippen molar-refractivity contribution in [1.82, 2.24) is 29.9 Å². The number of thiazole rings is 2. The van der Waals surface area contributed by atoms with E-state index >= 15 is 0 Å². The lowest BCUT2D eigenvalue weighted by Crippen LogP contribution is -2.19. The smallest absolute Gasteiger partial charge is 0.325 e. The predicted molar refractivity (Wildman–Crippen MR) is 228 cm³/mol. The minimum Gasteiger partial charge on any atom is -0.364 e. The third kappa shape index (κ3) is 10.5. The molecule has 0 aliphatic heterocycles. The molecule has 0 spiro atoms. The van der Waals surface area contributed by atoms with E-state index in [0.29, 0.717) is 23.4 Å². The number of urea groups is 2. The molecule has 8 rings (SSSR count). The molecule has 0 radical (unpaired) electrons. The summed E-state index contributed by atoms with van der Waals surface area (Å²) in [5, 5.41) is 23.8. The van der Waals surface area contributed by atoms with Crippen LogP contribution in [0.5, 0.6) is 0 Å². The van der Waals surface area contributed by atoms with Crippen molar-refractivity contribution < 1.29 is 9.59 Å². The van der Waals surface area contributed by atoms with Crippen molar-refractivity contribution in [3.63, 3.8) is 0 Å². The Labute approximate surface area is 332 Å². The van der Waals surface area contributed by atoms with Gasteiger partial charge in [0.15, 0.2) is 10.3 Å². The van der Waals surface area contributed by atoms with Crippen molar-refractivity contribution in [3.8, 4) is 0 Å². The van der Waals surface area contributed by atoms with Crippen LogP contribution in [0.3, 0.4) is 0 Å². The van der Waals surface area contributed by atoms with Gasteiger partial charge in [0.1, 0.15) is 29.1 Å². The van der Waals surface area contributed by atoms with E-state index in [1.807, 2.05) is 85.3 Å². The first-order valence-corrected chi connectivity index (χ1v) is 19.8. The van der Waals surface area contributed by atoms with Gasteiger partial charge < -0.3 is 21.3 Å². The topological polar surface area (TPSA) is 184 Å². The summed E-state index contributed by atoms with van der Waals surface area (Å²) < 4.78 is 1.03. The number of anilines is 6. The first-order valence-electron chi connectivity index (χ1n) is 16.4. The molecule has 0 bridgehead atoms. The number of aryl methyl sites for hydroxylation is 2. The molecule has 0 saturated heterocycles. The lowest BCUT2D eigenvalue weighted by Gasteiger charge is -2.06. The molecule has 2 aromatic carbocycles. The number of amides is 4. The van der Waals surface area contributed by atoms with Gasteiger partial charge in [0, 0.05) is 33.5 Å². The summed E-state index contributed by atoms with van der Waals surface area (Å²) in [6.45, 7) is 5.10. The van der Waals surface area contributed by atoms with E-state index in [1.54, 1.807) is 47.7 Å². The number of nitrogens with zero attached hydrogens (tertiary/aromatic N) is 6. The lowest BCUT2D eigenvalue weighted by atomic mass is 10.2. The van der Waals surface area contributed by atoms with Gasteiger partial charge in [-0.05, 0) is 72.1 Å². The van der Waals surface area contributed by atoms with Crippen LogP contribution >= 0.6 is 45.3 Å². The second-order valence-corrected chi connectivity index (χ2v) is 15.6. The molecule has 0 atom stereocenters. The average molecular weight is 809 g/mol. The molecule has 0 aliphatic rings. The Hall–Kier alpha value is -6.08. The zero-order valence-corrected chi connectivity index (χ0v) is 32.1. The van der Waals surface area contributed by atoms with Crippen LogP contribution in [0.1, 0.15) is 28.3 Å². The molecule has 6 heterocycles. The first-order chi connectivity index (χ1) is 26.3. The third-order valence-electron chi connectivity index (χ3n) is 7.46. The maximum absolute atomic E-state index is 12.1.